The molecule has 1 aliphatic heterocycles. The first-order valence-electron chi connectivity index (χ1n) is 8.92. The lowest BCUT2D eigenvalue weighted by atomic mass is 10.1. The van der Waals surface area contributed by atoms with Gasteiger partial charge in [-0.05, 0) is 66.3 Å². The van der Waals surface area contributed by atoms with E-state index in [1.54, 1.807) is 24.3 Å². The van der Waals surface area contributed by atoms with Crippen molar-refractivity contribution in [3.8, 4) is 11.5 Å². The molecule has 1 fully saturated rings. The van der Waals surface area contributed by atoms with Crippen molar-refractivity contribution in [3.05, 3.63) is 62.6 Å². The van der Waals surface area contributed by atoms with Gasteiger partial charge >= 0.3 is 6.03 Å². The Morgan fingerprint density at radius 1 is 1.24 bits per heavy atom. The number of hydrogen-bond donors (Lipinski definition) is 1. The molecule has 1 aliphatic rings. The van der Waals surface area contributed by atoms with E-state index in [0.29, 0.717) is 17.1 Å². The van der Waals surface area contributed by atoms with Crippen molar-refractivity contribution in [2.24, 2.45) is 0 Å². The van der Waals surface area contributed by atoms with Gasteiger partial charge in [0.05, 0.1) is 23.3 Å². The third-order valence-corrected chi connectivity index (χ3v) is 4.97. The van der Waals surface area contributed by atoms with Gasteiger partial charge in [0, 0.05) is 5.56 Å². The largest absolute Gasteiger partial charge is 0.493 e. The van der Waals surface area contributed by atoms with E-state index >= 15 is 0 Å². The standard InChI is InChI=1S/C21H20FIN2O4/c1-12(2)29-19-16(23)8-13(10-18(19)28-3)9-17-20(26)25(21(27)24-17)11-14-6-4-5-7-15(14)22/h4-10,12H,11H2,1-3H3,(H,24,27). The van der Waals surface area contributed by atoms with Crippen molar-refractivity contribution in [3.63, 3.8) is 0 Å². The van der Waals surface area contributed by atoms with Crippen LogP contribution in [-0.4, -0.2) is 30.1 Å². The van der Waals surface area contributed by atoms with Gasteiger partial charge in [-0.1, -0.05) is 18.2 Å². The Hall–Kier alpha value is -2.62. The number of carbonyl (C=O) groups is 2. The number of carbonyl (C=O) groups excluding carboxylic acids is 2. The molecular weight excluding hydrogens is 490 g/mol. The third-order valence-electron chi connectivity index (χ3n) is 4.16. The molecule has 1 N–H and O–H groups in total. The van der Waals surface area contributed by atoms with Gasteiger partial charge in [-0.3, -0.25) is 9.69 Å². The second-order valence-corrected chi connectivity index (χ2v) is 7.83. The smallest absolute Gasteiger partial charge is 0.329 e. The van der Waals surface area contributed by atoms with Crippen LogP contribution in [0.5, 0.6) is 11.5 Å². The van der Waals surface area contributed by atoms with Crippen molar-refractivity contribution >= 4 is 40.6 Å². The minimum atomic E-state index is -0.592. The lowest BCUT2D eigenvalue weighted by Gasteiger charge is -2.16. The molecule has 29 heavy (non-hydrogen) atoms. The lowest BCUT2D eigenvalue weighted by Crippen LogP contribution is -2.30. The number of halogens is 2. The number of rotatable bonds is 6. The molecule has 0 unspecified atom stereocenters. The zero-order valence-electron chi connectivity index (χ0n) is 16.2. The summed E-state index contributed by atoms with van der Waals surface area (Å²) >= 11 is 2.13. The van der Waals surface area contributed by atoms with E-state index < -0.39 is 17.8 Å². The minimum absolute atomic E-state index is 0.0238. The van der Waals surface area contributed by atoms with Crippen LogP contribution in [0.1, 0.15) is 25.0 Å². The normalized spacial score (nSPS) is 15.2. The van der Waals surface area contributed by atoms with Crippen LogP contribution >= 0.6 is 22.6 Å². The average Bonchev–Trinajstić information content (AvgIpc) is 2.92. The second kappa shape index (κ2) is 8.81. The van der Waals surface area contributed by atoms with Gasteiger partial charge in [0.15, 0.2) is 11.5 Å². The molecule has 2 aromatic rings. The Bertz CT molecular complexity index is 991. The predicted molar refractivity (Wildman–Crippen MR) is 115 cm³/mol. The number of ether oxygens (including phenoxy) is 2. The van der Waals surface area contributed by atoms with E-state index in [-0.39, 0.29) is 23.9 Å². The van der Waals surface area contributed by atoms with Crippen molar-refractivity contribution in [2.45, 2.75) is 26.5 Å². The Morgan fingerprint density at radius 2 is 1.97 bits per heavy atom. The molecule has 0 aromatic heterocycles. The van der Waals surface area contributed by atoms with E-state index in [1.165, 1.54) is 19.2 Å². The number of nitrogens with zero attached hydrogens (tertiary/aromatic N) is 1. The van der Waals surface area contributed by atoms with E-state index in [2.05, 4.69) is 27.9 Å². The summed E-state index contributed by atoms with van der Waals surface area (Å²) in [6.07, 6.45) is 1.54. The SMILES string of the molecule is COc1cc(C=C2NC(=O)N(Cc3ccccc3F)C2=O)cc(I)c1OC(C)C. The molecular formula is C21H20FIN2O4. The number of nitrogens with one attached hydrogen (secondary N) is 1. The molecule has 3 amide bonds. The molecule has 0 saturated carbocycles. The summed E-state index contributed by atoms with van der Waals surface area (Å²) in [5.74, 6) is 0.158. The molecule has 0 aliphatic carbocycles. The van der Waals surface area contributed by atoms with Crippen LogP contribution in [0.25, 0.3) is 6.08 Å². The zero-order chi connectivity index (χ0) is 21.1. The van der Waals surface area contributed by atoms with Crippen LogP contribution in [-0.2, 0) is 11.3 Å². The maximum Gasteiger partial charge on any atom is 0.329 e. The quantitative estimate of drug-likeness (QED) is 0.357. The van der Waals surface area contributed by atoms with Crippen LogP contribution in [0.4, 0.5) is 9.18 Å². The fourth-order valence-electron chi connectivity index (χ4n) is 2.85. The van der Waals surface area contributed by atoms with Gasteiger partial charge in [0.25, 0.3) is 5.91 Å². The van der Waals surface area contributed by atoms with Crippen LogP contribution in [0.3, 0.4) is 0 Å². The topological polar surface area (TPSA) is 67.9 Å². The number of methoxy groups -OCH3 is 1. The molecule has 0 spiro atoms. The van der Waals surface area contributed by atoms with Gasteiger partial charge in [-0.15, -0.1) is 0 Å². The minimum Gasteiger partial charge on any atom is -0.493 e. The number of hydrogen-bond acceptors (Lipinski definition) is 4. The maximum atomic E-state index is 13.9. The summed E-state index contributed by atoms with van der Waals surface area (Å²) in [6.45, 7) is 3.70. The van der Waals surface area contributed by atoms with Gasteiger partial charge in [-0.25, -0.2) is 9.18 Å². The molecule has 152 valence electrons. The molecule has 0 bridgehead atoms. The van der Waals surface area contributed by atoms with Crippen LogP contribution in [0, 0.1) is 9.39 Å². The van der Waals surface area contributed by atoms with Gasteiger partial charge in [-0.2, -0.15) is 0 Å². The van der Waals surface area contributed by atoms with Gasteiger partial charge < -0.3 is 14.8 Å². The number of imide groups is 1. The molecule has 0 atom stereocenters. The first kappa shape index (κ1) is 21.1. The third kappa shape index (κ3) is 4.69. The van der Waals surface area contributed by atoms with E-state index in [4.69, 9.17) is 9.47 Å². The first-order valence-corrected chi connectivity index (χ1v) is 10.00. The highest BCUT2D eigenvalue weighted by molar-refractivity contribution is 14.1. The van der Waals surface area contributed by atoms with Crippen LogP contribution in [0.15, 0.2) is 42.1 Å². The highest BCUT2D eigenvalue weighted by atomic mass is 127. The van der Waals surface area contributed by atoms with Crippen molar-refractivity contribution in [2.75, 3.05) is 7.11 Å². The monoisotopic (exact) mass is 510 g/mol. The first-order chi connectivity index (χ1) is 13.8. The molecule has 0 radical (unpaired) electrons. The van der Waals surface area contributed by atoms with Crippen molar-refractivity contribution in [1.82, 2.24) is 10.2 Å². The Labute approximate surface area is 181 Å². The zero-order valence-corrected chi connectivity index (χ0v) is 18.3. The number of benzene rings is 2. The molecule has 1 heterocycles. The van der Waals surface area contributed by atoms with Crippen molar-refractivity contribution < 1.29 is 23.5 Å². The fraction of sp³-hybridized carbons (Fsp3) is 0.238. The van der Waals surface area contributed by atoms with Crippen LogP contribution < -0.4 is 14.8 Å². The molecule has 8 heteroatoms. The molecule has 6 nitrogen and oxygen atoms in total. The Kier molecular flexibility index (Phi) is 6.41. The van der Waals surface area contributed by atoms with Gasteiger partial charge in [0.2, 0.25) is 0 Å². The number of amides is 3. The number of urea groups is 1. The van der Waals surface area contributed by atoms with E-state index in [1.807, 2.05) is 19.9 Å². The lowest BCUT2D eigenvalue weighted by molar-refractivity contribution is -0.123. The Balaban J connectivity index is 1.87. The maximum absolute atomic E-state index is 13.9. The van der Waals surface area contributed by atoms with Crippen molar-refractivity contribution in [1.29, 1.82) is 0 Å². The highest BCUT2D eigenvalue weighted by Gasteiger charge is 2.34. The average molecular weight is 510 g/mol. The van der Waals surface area contributed by atoms with E-state index in [0.717, 1.165) is 8.47 Å². The summed E-state index contributed by atoms with van der Waals surface area (Å²) in [6, 6.07) is 9.00. The van der Waals surface area contributed by atoms with Gasteiger partial charge in [0.1, 0.15) is 11.5 Å². The predicted octanol–water partition coefficient (Wildman–Crippen LogP) is 4.32. The highest BCUT2D eigenvalue weighted by Crippen LogP contribution is 2.35. The molecule has 3 rings (SSSR count). The molecule has 2 aromatic carbocycles. The summed E-state index contributed by atoms with van der Waals surface area (Å²) in [5.41, 5.74) is 1.05. The van der Waals surface area contributed by atoms with E-state index in [9.17, 15) is 14.0 Å². The van der Waals surface area contributed by atoms with Crippen LogP contribution in [0.2, 0.25) is 0 Å². The second-order valence-electron chi connectivity index (χ2n) is 6.67. The summed E-state index contributed by atoms with van der Waals surface area (Å²) in [5, 5.41) is 2.55. The Morgan fingerprint density at radius 3 is 2.62 bits per heavy atom. The summed E-state index contributed by atoms with van der Waals surface area (Å²) in [4.78, 5) is 25.9. The summed E-state index contributed by atoms with van der Waals surface area (Å²) < 4.78 is 25.9. The summed E-state index contributed by atoms with van der Waals surface area (Å²) in [7, 11) is 1.54. The molecule has 1 saturated heterocycles. The fourth-order valence-corrected chi connectivity index (χ4v) is 3.60.